The van der Waals surface area contributed by atoms with E-state index >= 15 is 0 Å². The lowest BCUT2D eigenvalue weighted by Crippen LogP contribution is -2.43. The fraction of sp³-hybridized carbons (Fsp3) is 0.409. The Morgan fingerprint density at radius 3 is 2.69 bits per heavy atom. The molecule has 2 atom stereocenters. The molecule has 1 aliphatic rings. The molecule has 0 radical (unpaired) electrons. The van der Waals surface area contributed by atoms with Gasteiger partial charge in [-0.25, -0.2) is 8.51 Å². The third-order valence-electron chi connectivity index (χ3n) is 5.24. The molecule has 1 fully saturated rings. The van der Waals surface area contributed by atoms with Gasteiger partial charge in [0.2, 0.25) is 0 Å². The van der Waals surface area contributed by atoms with Crippen LogP contribution in [0.1, 0.15) is 36.8 Å². The summed E-state index contributed by atoms with van der Waals surface area (Å²) in [6, 6.07) is 16.5. The molecule has 3 nitrogen and oxygen atoms in total. The van der Waals surface area contributed by atoms with Crippen LogP contribution in [0.3, 0.4) is 0 Å². The summed E-state index contributed by atoms with van der Waals surface area (Å²) in [6.45, 7) is 2.91. The average molecular weight is 372 g/mol. The maximum atomic E-state index is 13.6. The molecule has 0 bridgehead atoms. The number of benzene rings is 2. The van der Waals surface area contributed by atoms with Crippen molar-refractivity contribution in [3.05, 3.63) is 59.7 Å². The van der Waals surface area contributed by atoms with Crippen molar-refractivity contribution in [2.75, 3.05) is 13.7 Å². The molecule has 0 spiro atoms. The van der Waals surface area contributed by atoms with Gasteiger partial charge in [-0.1, -0.05) is 36.2 Å². The molecule has 0 amide bonds. The second-order valence-corrected chi connectivity index (χ2v) is 9.36. The van der Waals surface area contributed by atoms with Gasteiger partial charge in [-0.2, -0.15) is 0 Å². The van der Waals surface area contributed by atoms with Crippen LogP contribution in [-0.2, 0) is 16.1 Å². The number of nitrogens with zero attached hydrogens (tertiary/aromatic N) is 1. The van der Waals surface area contributed by atoms with E-state index < -0.39 is 9.71 Å². The number of hydrogen-bond donors (Lipinski definition) is 0. The highest BCUT2D eigenvalue weighted by Crippen LogP contribution is 2.28. The summed E-state index contributed by atoms with van der Waals surface area (Å²) >= 11 is 0. The average Bonchev–Trinajstić information content (AvgIpc) is 2.67. The maximum Gasteiger partial charge on any atom is 0.119 e. The van der Waals surface area contributed by atoms with Gasteiger partial charge in [-0.3, -0.25) is 0 Å². The van der Waals surface area contributed by atoms with Crippen LogP contribution >= 0.6 is 0 Å². The van der Waals surface area contributed by atoms with Gasteiger partial charge in [0.1, 0.15) is 5.75 Å². The van der Waals surface area contributed by atoms with Gasteiger partial charge >= 0.3 is 0 Å². The molecule has 0 N–H and O–H groups in total. The van der Waals surface area contributed by atoms with E-state index in [1.807, 2.05) is 43.3 Å². The summed E-state index contributed by atoms with van der Waals surface area (Å²) < 4.78 is 21.1. The molecule has 140 valence electrons. The largest absolute Gasteiger partial charge is 0.497 e. The SMILES string of the molecule is C=S(=O)(c1ccc(C)cc1)N1CCCCC1CCc1cccc(OC)c1. The lowest BCUT2D eigenvalue weighted by molar-refractivity contribution is 0.250. The molecule has 26 heavy (non-hydrogen) atoms. The number of rotatable bonds is 6. The second-order valence-electron chi connectivity index (χ2n) is 7.13. The lowest BCUT2D eigenvalue weighted by atomic mass is 9.98. The van der Waals surface area contributed by atoms with E-state index in [4.69, 9.17) is 4.74 Å². The fourth-order valence-electron chi connectivity index (χ4n) is 3.70. The van der Waals surface area contributed by atoms with E-state index in [2.05, 4.69) is 22.3 Å². The van der Waals surface area contributed by atoms with Crippen LogP contribution in [-0.4, -0.2) is 34.1 Å². The van der Waals surface area contributed by atoms with Gasteiger partial charge < -0.3 is 4.74 Å². The Bertz CT molecular complexity index is 827. The zero-order valence-corrected chi connectivity index (χ0v) is 16.6. The lowest BCUT2D eigenvalue weighted by Gasteiger charge is -2.38. The summed E-state index contributed by atoms with van der Waals surface area (Å²) in [7, 11) is -0.741. The molecule has 1 heterocycles. The van der Waals surface area contributed by atoms with Crippen LogP contribution in [0.5, 0.6) is 5.75 Å². The first-order valence-electron chi connectivity index (χ1n) is 9.34. The summed E-state index contributed by atoms with van der Waals surface area (Å²) in [4.78, 5) is 0.844. The first-order chi connectivity index (χ1) is 12.5. The first kappa shape index (κ1) is 19.0. The van der Waals surface area contributed by atoms with Crippen LogP contribution in [0.2, 0.25) is 0 Å². The minimum absolute atomic E-state index is 0.307. The molecule has 1 aliphatic heterocycles. The van der Waals surface area contributed by atoms with Crippen molar-refractivity contribution in [3.8, 4) is 5.75 Å². The molecule has 4 heteroatoms. The Morgan fingerprint density at radius 1 is 1.19 bits per heavy atom. The highest BCUT2D eigenvalue weighted by Gasteiger charge is 2.29. The first-order valence-corrected chi connectivity index (χ1v) is 11.0. The van der Waals surface area contributed by atoms with Crippen LogP contribution < -0.4 is 4.74 Å². The topological polar surface area (TPSA) is 29.5 Å². The van der Waals surface area contributed by atoms with Crippen LogP contribution in [0.4, 0.5) is 0 Å². The van der Waals surface area contributed by atoms with Crippen molar-refractivity contribution in [2.45, 2.75) is 50.0 Å². The van der Waals surface area contributed by atoms with E-state index in [0.29, 0.717) is 6.04 Å². The molecule has 0 aliphatic carbocycles. The van der Waals surface area contributed by atoms with Crippen molar-refractivity contribution in [3.63, 3.8) is 0 Å². The molecule has 2 unspecified atom stereocenters. The maximum absolute atomic E-state index is 13.6. The molecular formula is C22H29NO2S. The van der Waals surface area contributed by atoms with Crippen molar-refractivity contribution in [1.82, 2.24) is 4.31 Å². The summed E-state index contributed by atoms with van der Waals surface area (Å²) in [6.07, 6.45) is 5.33. The summed E-state index contributed by atoms with van der Waals surface area (Å²) in [5.41, 5.74) is 2.44. The van der Waals surface area contributed by atoms with E-state index in [1.54, 1.807) is 7.11 Å². The van der Waals surface area contributed by atoms with Gasteiger partial charge in [-0.05, 0) is 68.3 Å². The minimum Gasteiger partial charge on any atom is -0.497 e. The van der Waals surface area contributed by atoms with Gasteiger partial charge in [0.05, 0.1) is 16.8 Å². The van der Waals surface area contributed by atoms with E-state index in [0.717, 1.165) is 42.9 Å². The quantitative estimate of drug-likeness (QED) is 0.701. The van der Waals surface area contributed by atoms with Gasteiger partial charge in [-0.15, -0.1) is 0 Å². The van der Waals surface area contributed by atoms with Crippen molar-refractivity contribution >= 4 is 15.6 Å². The zero-order chi connectivity index (χ0) is 18.6. The standard InChI is InChI=1S/C22H29NO2S/c1-18-10-14-22(15-11-18)26(3,24)23-16-5-4-8-20(23)13-12-19-7-6-9-21(17-19)25-2/h6-7,9-11,14-15,17,20H,3-5,8,12-13,16H2,1-2H3. The number of hydrogen-bond acceptors (Lipinski definition) is 2. The molecule has 1 saturated heterocycles. The Hall–Kier alpha value is -1.78. The Balaban J connectivity index is 1.75. The van der Waals surface area contributed by atoms with Crippen LogP contribution in [0.15, 0.2) is 53.4 Å². The highest BCUT2D eigenvalue weighted by molar-refractivity contribution is 7.98. The van der Waals surface area contributed by atoms with Gasteiger partial charge in [0.15, 0.2) is 0 Å². The molecule has 2 aromatic rings. The van der Waals surface area contributed by atoms with E-state index in [1.165, 1.54) is 17.5 Å². The fourth-order valence-corrected chi connectivity index (χ4v) is 5.65. The van der Waals surface area contributed by atoms with Crippen LogP contribution in [0, 0.1) is 6.92 Å². The van der Waals surface area contributed by atoms with Crippen LogP contribution in [0.25, 0.3) is 0 Å². The third kappa shape index (κ3) is 4.30. The predicted octanol–water partition coefficient (Wildman–Crippen LogP) is 4.48. The third-order valence-corrected chi connectivity index (χ3v) is 7.49. The summed E-state index contributed by atoms with van der Waals surface area (Å²) in [5.74, 6) is 5.05. The Morgan fingerprint density at radius 2 is 1.96 bits per heavy atom. The normalized spacial score (nSPS) is 20.5. The van der Waals surface area contributed by atoms with Crippen molar-refractivity contribution < 1.29 is 8.95 Å². The van der Waals surface area contributed by atoms with Crippen molar-refractivity contribution in [1.29, 1.82) is 0 Å². The number of ether oxygens (including phenoxy) is 1. The molecular weight excluding hydrogens is 342 g/mol. The van der Waals surface area contributed by atoms with Crippen molar-refractivity contribution in [2.24, 2.45) is 0 Å². The second kappa shape index (κ2) is 8.28. The van der Waals surface area contributed by atoms with Gasteiger partial charge in [0.25, 0.3) is 0 Å². The molecule has 2 aromatic carbocycles. The molecule has 0 saturated carbocycles. The highest BCUT2D eigenvalue weighted by atomic mass is 32.2. The van der Waals surface area contributed by atoms with Gasteiger partial charge in [0, 0.05) is 17.5 Å². The molecule has 0 aromatic heterocycles. The monoisotopic (exact) mass is 371 g/mol. The number of methoxy groups -OCH3 is 1. The zero-order valence-electron chi connectivity index (χ0n) is 15.8. The smallest absolute Gasteiger partial charge is 0.119 e. The van der Waals surface area contributed by atoms with E-state index in [-0.39, 0.29) is 0 Å². The number of piperidine rings is 1. The summed E-state index contributed by atoms with van der Waals surface area (Å²) in [5, 5.41) is 0. The Kier molecular flexibility index (Phi) is 6.05. The number of aryl methyl sites for hydroxylation is 2. The predicted molar refractivity (Wildman–Crippen MR) is 110 cm³/mol. The van der Waals surface area contributed by atoms with E-state index in [9.17, 15) is 4.21 Å². The minimum atomic E-state index is -2.44. The Labute approximate surface area is 158 Å². The molecule has 3 rings (SSSR count).